The highest BCUT2D eigenvalue weighted by Gasteiger charge is 2.17. The second-order valence-corrected chi connectivity index (χ2v) is 6.05. The van der Waals surface area contributed by atoms with Crippen molar-refractivity contribution in [1.82, 2.24) is 5.32 Å². The summed E-state index contributed by atoms with van der Waals surface area (Å²) in [6.45, 7) is 2.31. The Morgan fingerprint density at radius 1 is 1.23 bits per heavy atom. The molecule has 0 aliphatic carbocycles. The highest BCUT2D eigenvalue weighted by Crippen LogP contribution is 2.49. The van der Waals surface area contributed by atoms with E-state index in [0.717, 1.165) is 5.56 Å². The molecular formula is C12H19NO7P2. The van der Waals surface area contributed by atoms with Crippen LogP contribution in [0.1, 0.15) is 12.5 Å². The standard InChI is InChI=1S/C12H19NO7P2/c1-10(14)17-9-11-3-5-12(6-4-11)19-22(16)20-21(15)18-8-7-13-2/h3-6,13,15-16H,7-9H2,1-2H3. The van der Waals surface area contributed by atoms with Crippen LogP contribution in [0, 0.1) is 0 Å². The fraction of sp³-hybridized carbons (Fsp3) is 0.417. The van der Waals surface area contributed by atoms with Crippen molar-refractivity contribution in [3.63, 3.8) is 0 Å². The lowest BCUT2D eigenvalue weighted by molar-refractivity contribution is -0.142. The first kappa shape index (κ1) is 19.2. The van der Waals surface area contributed by atoms with E-state index in [9.17, 15) is 14.6 Å². The summed E-state index contributed by atoms with van der Waals surface area (Å²) in [6, 6.07) is 6.56. The third-order valence-electron chi connectivity index (χ3n) is 2.24. The van der Waals surface area contributed by atoms with Crippen LogP contribution >= 0.6 is 17.2 Å². The van der Waals surface area contributed by atoms with Gasteiger partial charge in [-0.05, 0) is 24.7 Å². The second kappa shape index (κ2) is 10.8. The van der Waals surface area contributed by atoms with E-state index in [-0.39, 0.29) is 19.2 Å². The molecule has 1 aromatic rings. The van der Waals surface area contributed by atoms with E-state index in [4.69, 9.17) is 18.1 Å². The third-order valence-corrected chi connectivity index (χ3v) is 4.13. The maximum Gasteiger partial charge on any atom is 0.401 e. The van der Waals surface area contributed by atoms with E-state index < -0.39 is 17.2 Å². The smallest absolute Gasteiger partial charge is 0.401 e. The topological polar surface area (TPSA) is 106 Å². The number of esters is 1. The Morgan fingerprint density at radius 3 is 2.50 bits per heavy atom. The largest absolute Gasteiger partial charge is 0.461 e. The summed E-state index contributed by atoms with van der Waals surface area (Å²) >= 11 is 0. The van der Waals surface area contributed by atoms with Gasteiger partial charge in [0.25, 0.3) is 0 Å². The van der Waals surface area contributed by atoms with E-state index in [1.165, 1.54) is 6.92 Å². The number of carbonyl (C=O) groups excluding carboxylic acids is 1. The summed E-state index contributed by atoms with van der Waals surface area (Å²) in [7, 11) is -2.74. The lowest BCUT2D eigenvalue weighted by Crippen LogP contribution is -2.12. The minimum absolute atomic E-state index is 0.168. The Hall–Kier alpha value is -0.850. The third kappa shape index (κ3) is 8.56. The summed E-state index contributed by atoms with van der Waals surface area (Å²) in [5, 5.41) is 2.84. The molecule has 2 atom stereocenters. The number of carbonyl (C=O) groups is 1. The van der Waals surface area contributed by atoms with E-state index in [0.29, 0.717) is 12.3 Å². The number of benzene rings is 1. The number of hydrogen-bond acceptors (Lipinski definition) is 8. The van der Waals surface area contributed by atoms with Gasteiger partial charge >= 0.3 is 23.2 Å². The molecule has 0 saturated heterocycles. The van der Waals surface area contributed by atoms with E-state index in [1.54, 1.807) is 31.3 Å². The molecule has 2 unspecified atom stereocenters. The molecule has 1 rings (SSSR count). The first-order chi connectivity index (χ1) is 10.5. The number of likely N-dealkylation sites (N-methyl/N-ethyl adjacent to an activating group) is 1. The molecular weight excluding hydrogens is 332 g/mol. The van der Waals surface area contributed by atoms with Crippen LogP contribution in [0.3, 0.4) is 0 Å². The molecule has 0 aromatic heterocycles. The first-order valence-electron chi connectivity index (χ1n) is 6.35. The van der Waals surface area contributed by atoms with Crippen molar-refractivity contribution in [2.24, 2.45) is 0 Å². The van der Waals surface area contributed by atoms with E-state index >= 15 is 0 Å². The summed E-state index contributed by atoms with van der Waals surface area (Å²) in [5.74, 6) is 0.000918. The van der Waals surface area contributed by atoms with Crippen LogP contribution in [0.4, 0.5) is 0 Å². The lowest BCUT2D eigenvalue weighted by Gasteiger charge is -2.14. The quantitative estimate of drug-likeness (QED) is 0.333. The van der Waals surface area contributed by atoms with Crippen LogP contribution < -0.4 is 9.84 Å². The zero-order valence-corrected chi connectivity index (χ0v) is 14.0. The van der Waals surface area contributed by atoms with Crippen molar-refractivity contribution < 1.29 is 32.7 Å². The number of hydrogen-bond donors (Lipinski definition) is 3. The molecule has 124 valence electrons. The maximum atomic E-state index is 10.7. The molecule has 8 nitrogen and oxygen atoms in total. The van der Waals surface area contributed by atoms with Crippen molar-refractivity contribution in [2.75, 3.05) is 20.2 Å². The monoisotopic (exact) mass is 351 g/mol. The zero-order chi connectivity index (χ0) is 16.4. The van der Waals surface area contributed by atoms with Gasteiger partial charge in [0.2, 0.25) is 0 Å². The van der Waals surface area contributed by atoms with Gasteiger partial charge in [0, 0.05) is 13.5 Å². The normalized spacial score (nSPS) is 13.5. The minimum Gasteiger partial charge on any atom is -0.461 e. The van der Waals surface area contributed by atoms with Gasteiger partial charge in [0.15, 0.2) is 0 Å². The summed E-state index contributed by atoms with van der Waals surface area (Å²) < 4.78 is 19.7. The minimum atomic E-state index is -2.30. The molecule has 22 heavy (non-hydrogen) atoms. The Labute approximate surface area is 131 Å². The molecule has 3 N–H and O–H groups in total. The van der Waals surface area contributed by atoms with Crippen LogP contribution in [-0.2, 0) is 25.0 Å². The predicted molar refractivity (Wildman–Crippen MR) is 81.8 cm³/mol. The average molecular weight is 351 g/mol. The van der Waals surface area contributed by atoms with Crippen LogP contribution in [-0.4, -0.2) is 36.0 Å². The van der Waals surface area contributed by atoms with Gasteiger partial charge < -0.3 is 28.9 Å². The van der Waals surface area contributed by atoms with E-state index in [2.05, 4.69) is 5.32 Å². The molecule has 0 fully saturated rings. The molecule has 1 aromatic carbocycles. The SMILES string of the molecule is CNCCOP(O)OP(O)Oc1ccc(COC(C)=O)cc1. The predicted octanol–water partition coefficient (Wildman–Crippen LogP) is 1.82. The number of rotatable bonds is 10. The molecule has 0 spiro atoms. The Morgan fingerprint density at radius 2 is 1.91 bits per heavy atom. The van der Waals surface area contributed by atoms with Crippen LogP contribution in [0.15, 0.2) is 24.3 Å². The molecule has 0 bridgehead atoms. The van der Waals surface area contributed by atoms with Gasteiger partial charge in [-0.25, -0.2) is 4.31 Å². The van der Waals surface area contributed by atoms with Crippen molar-refractivity contribution >= 4 is 23.2 Å². The highest BCUT2D eigenvalue weighted by atomic mass is 31.2. The van der Waals surface area contributed by atoms with Crippen molar-refractivity contribution in [3.8, 4) is 5.75 Å². The van der Waals surface area contributed by atoms with Crippen LogP contribution in [0.5, 0.6) is 5.75 Å². The van der Waals surface area contributed by atoms with Crippen molar-refractivity contribution in [1.29, 1.82) is 0 Å². The first-order valence-corrected chi connectivity index (χ1v) is 8.61. The lowest BCUT2D eigenvalue weighted by atomic mass is 10.2. The summed E-state index contributed by atoms with van der Waals surface area (Å²) in [4.78, 5) is 29.7. The van der Waals surface area contributed by atoms with Gasteiger partial charge in [-0.2, -0.15) is 0 Å². The molecule has 0 aliphatic rings. The van der Waals surface area contributed by atoms with Crippen LogP contribution in [0.2, 0.25) is 0 Å². The number of ether oxygens (including phenoxy) is 1. The van der Waals surface area contributed by atoms with E-state index in [1.807, 2.05) is 0 Å². The van der Waals surface area contributed by atoms with Gasteiger partial charge in [-0.3, -0.25) is 4.79 Å². The van der Waals surface area contributed by atoms with Gasteiger partial charge in [0.05, 0.1) is 6.61 Å². The molecule has 10 heteroatoms. The molecule has 0 aliphatic heterocycles. The molecule has 0 amide bonds. The fourth-order valence-corrected chi connectivity index (χ4v) is 2.60. The Bertz CT molecular complexity index is 446. The average Bonchev–Trinajstić information content (AvgIpc) is 2.46. The summed E-state index contributed by atoms with van der Waals surface area (Å²) in [6.07, 6.45) is 0. The number of nitrogens with one attached hydrogen (secondary N) is 1. The second-order valence-electron chi connectivity index (χ2n) is 4.01. The molecule has 0 saturated carbocycles. The Balaban J connectivity index is 2.34. The highest BCUT2D eigenvalue weighted by molar-refractivity contribution is 7.54. The zero-order valence-electron chi connectivity index (χ0n) is 12.3. The maximum absolute atomic E-state index is 10.7. The summed E-state index contributed by atoms with van der Waals surface area (Å²) in [5.41, 5.74) is 0.783. The van der Waals surface area contributed by atoms with Crippen LogP contribution in [0.25, 0.3) is 0 Å². The van der Waals surface area contributed by atoms with Crippen molar-refractivity contribution in [3.05, 3.63) is 29.8 Å². The molecule has 0 heterocycles. The Kier molecular flexibility index (Phi) is 9.43. The fourth-order valence-electron chi connectivity index (χ4n) is 1.25. The van der Waals surface area contributed by atoms with Crippen molar-refractivity contribution in [2.45, 2.75) is 13.5 Å². The van der Waals surface area contributed by atoms with Gasteiger partial charge in [-0.15, -0.1) is 0 Å². The molecule has 0 radical (unpaired) electrons. The van der Waals surface area contributed by atoms with Gasteiger partial charge in [0.1, 0.15) is 12.4 Å². The van der Waals surface area contributed by atoms with Gasteiger partial charge in [-0.1, -0.05) is 12.1 Å².